The van der Waals surface area contributed by atoms with Crippen molar-refractivity contribution in [3.05, 3.63) is 57.9 Å². The minimum Gasteiger partial charge on any atom is -0.463 e. The number of benzene rings is 1. The molecule has 1 aromatic carbocycles. The van der Waals surface area contributed by atoms with Crippen molar-refractivity contribution < 1.29 is 9.53 Å². The quantitative estimate of drug-likeness (QED) is 0.811. The van der Waals surface area contributed by atoms with Gasteiger partial charge in [-0.1, -0.05) is 43.1 Å². The van der Waals surface area contributed by atoms with Crippen LogP contribution in [0.15, 0.2) is 41.7 Å². The molecule has 0 saturated heterocycles. The van der Waals surface area contributed by atoms with Crippen molar-refractivity contribution in [2.75, 3.05) is 11.9 Å². The number of rotatable bonds is 5. The lowest BCUT2D eigenvalue weighted by Crippen LogP contribution is -2.26. The zero-order valence-corrected chi connectivity index (χ0v) is 15.4. The van der Waals surface area contributed by atoms with Gasteiger partial charge < -0.3 is 10.1 Å². The maximum atomic E-state index is 12.8. The highest BCUT2D eigenvalue weighted by Gasteiger charge is 2.36. The number of fused-ring (bicyclic) bond motifs is 1. The number of ether oxygens (including phenoxy) is 1. The number of esters is 1. The fourth-order valence-corrected chi connectivity index (χ4v) is 3.53. The van der Waals surface area contributed by atoms with E-state index in [1.807, 2.05) is 38.2 Å². The molecule has 1 unspecified atom stereocenters. The van der Waals surface area contributed by atoms with Crippen LogP contribution in [0.3, 0.4) is 0 Å². The number of aromatic nitrogens is 2. The van der Waals surface area contributed by atoms with Gasteiger partial charge in [-0.05, 0) is 25.0 Å². The molecule has 1 aliphatic rings. The smallest absolute Gasteiger partial charge is 0.336 e. The highest BCUT2D eigenvalue weighted by Crippen LogP contribution is 2.44. The number of nitrogens with zero attached hydrogens (tertiary/aromatic N) is 2. The number of halogens is 1. The Hall–Kier alpha value is -2.27. The molecule has 1 N–H and O–H groups in total. The van der Waals surface area contributed by atoms with Crippen LogP contribution in [-0.2, 0) is 16.6 Å². The number of hydrogen-bond acceptors (Lipinski definition) is 4. The molecule has 2 heterocycles. The van der Waals surface area contributed by atoms with Crippen molar-refractivity contribution in [2.24, 2.45) is 7.05 Å². The predicted octanol–water partition coefficient (Wildman–Crippen LogP) is 4.25. The van der Waals surface area contributed by atoms with Gasteiger partial charge in [-0.3, -0.25) is 4.68 Å². The van der Waals surface area contributed by atoms with E-state index in [1.165, 1.54) is 0 Å². The van der Waals surface area contributed by atoms with Gasteiger partial charge in [0.2, 0.25) is 0 Å². The summed E-state index contributed by atoms with van der Waals surface area (Å²) in [7, 11) is 1.88. The second-order valence-corrected chi connectivity index (χ2v) is 6.42. The minimum absolute atomic E-state index is 0.292. The van der Waals surface area contributed by atoms with E-state index < -0.39 is 0 Å². The molecular formula is C19H22ClN3O2. The molecule has 2 aromatic rings. The van der Waals surface area contributed by atoms with Crippen molar-refractivity contribution in [3.8, 4) is 0 Å². The summed E-state index contributed by atoms with van der Waals surface area (Å²) in [5.41, 5.74) is 3.31. The lowest BCUT2D eigenvalue weighted by molar-refractivity contribution is -0.138. The Kier molecular flexibility index (Phi) is 5.13. The predicted molar refractivity (Wildman–Crippen MR) is 98.7 cm³/mol. The van der Waals surface area contributed by atoms with Crippen LogP contribution in [0, 0.1) is 0 Å². The molecule has 3 rings (SSSR count). The van der Waals surface area contributed by atoms with Gasteiger partial charge in [0.15, 0.2) is 0 Å². The van der Waals surface area contributed by atoms with Gasteiger partial charge in [-0.15, -0.1) is 0 Å². The number of aryl methyl sites for hydroxylation is 1. The Morgan fingerprint density at radius 3 is 2.76 bits per heavy atom. The number of anilines is 1. The summed E-state index contributed by atoms with van der Waals surface area (Å²) >= 11 is 6.48. The van der Waals surface area contributed by atoms with Gasteiger partial charge in [0.1, 0.15) is 5.82 Å². The van der Waals surface area contributed by atoms with Gasteiger partial charge in [0.05, 0.1) is 18.4 Å². The molecule has 0 amide bonds. The fourth-order valence-electron chi connectivity index (χ4n) is 3.29. The third-order valence-corrected chi connectivity index (χ3v) is 4.72. The highest BCUT2D eigenvalue weighted by atomic mass is 35.5. The van der Waals surface area contributed by atoms with E-state index in [1.54, 1.807) is 10.9 Å². The largest absolute Gasteiger partial charge is 0.463 e. The van der Waals surface area contributed by atoms with Crippen LogP contribution in [-0.4, -0.2) is 22.4 Å². The van der Waals surface area contributed by atoms with Crippen molar-refractivity contribution in [1.82, 2.24) is 9.78 Å². The summed E-state index contributed by atoms with van der Waals surface area (Å²) in [6.07, 6.45) is 3.45. The van der Waals surface area contributed by atoms with Gasteiger partial charge in [0, 0.05) is 29.2 Å². The van der Waals surface area contributed by atoms with E-state index in [-0.39, 0.29) is 11.9 Å². The van der Waals surface area contributed by atoms with E-state index in [4.69, 9.17) is 16.3 Å². The van der Waals surface area contributed by atoms with Gasteiger partial charge >= 0.3 is 5.97 Å². The molecule has 25 heavy (non-hydrogen) atoms. The summed E-state index contributed by atoms with van der Waals surface area (Å²) in [5, 5.41) is 8.39. The first-order valence-corrected chi connectivity index (χ1v) is 8.89. The third-order valence-electron chi connectivity index (χ3n) is 4.37. The molecule has 0 radical (unpaired) electrons. The highest BCUT2D eigenvalue weighted by molar-refractivity contribution is 6.31. The van der Waals surface area contributed by atoms with Crippen molar-refractivity contribution in [2.45, 2.75) is 32.6 Å². The molecule has 1 aromatic heterocycles. The van der Waals surface area contributed by atoms with Crippen molar-refractivity contribution >= 4 is 23.4 Å². The average molecular weight is 360 g/mol. The molecule has 132 valence electrons. The van der Waals surface area contributed by atoms with Crippen LogP contribution >= 0.6 is 11.6 Å². The topological polar surface area (TPSA) is 56.1 Å². The molecule has 5 nitrogen and oxygen atoms in total. The number of carbonyl (C=O) groups excluding carboxylic acids is 1. The molecule has 1 atom stereocenters. The van der Waals surface area contributed by atoms with Gasteiger partial charge in [-0.25, -0.2) is 4.79 Å². The summed E-state index contributed by atoms with van der Waals surface area (Å²) in [5.74, 6) is 0.290. The van der Waals surface area contributed by atoms with E-state index in [2.05, 4.69) is 17.3 Å². The second-order valence-electron chi connectivity index (χ2n) is 6.01. The maximum absolute atomic E-state index is 12.8. The summed E-state index contributed by atoms with van der Waals surface area (Å²) in [6, 6.07) is 7.62. The SMILES string of the molecule is CCCC1=C(C(=O)OCC)C(c2ccccc2Cl)c2cnn(C)c2N1. The Morgan fingerprint density at radius 1 is 1.32 bits per heavy atom. The van der Waals surface area contributed by atoms with Crippen LogP contribution in [0.2, 0.25) is 5.02 Å². The normalized spacial score (nSPS) is 16.4. The van der Waals surface area contributed by atoms with E-state index in [0.29, 0.717) is 17.2 Å². The fraction of sp³-hybridized carbons (Fsp3) is 0.368. The number of hydrogen-bond donors (Lipinski definition) is 1. The van der Waals surface area contributed by atoms with E-state index in [9.17, 15) is 4.79 Å². The van der Waals surface area contributed by atoms with Crippen molar-refractivity contribution in [1.29, 1.82) is 0 Å². The molecule has 0 saturated carbocycles. The Labute approximate surface area is 152 Å². The van der Waals surface area contributed by atoms with E-state index >= 15 is 0 Å². The van der Waals surface area contributed by atoms with Crippen LogP contribution in [0.1, 0.15) is 43.7 Å². The van der Waals surface area contributed by atoms with Crippen molar-refractivity contribution in [3.63, 3.8) is 0 Å². The number of carbonyl (C=O) groups is 1. The first-order chi connectivity index (χ1) is 12.1. The van der Waals surface area contributed by atoms with Crippen LogP contribution in [0.5, 0.6) is 0 Å². The summed E-state index contributed by atoms with van der Waals surface area (Å²) < 4.78 is 7.15. The zero-order chi connectivity index (χ0) is 18.0. The molecule has 0 spiro atoms. The standard InChI is InChI=1S/C19H22ClN3O2/c1-4-8-15-17(19(24)25-5-2)16(12-9-6-7-10-14(12)20)13-11-21-23(3)18(13)22-15/h6-7,9-11,16,22H,4-5,8H2,1-3H3. The molecule has 0 bridgehead atoms. The first-order valence-electron chi connectivity index (χ1n) is 8.51. The lowest BCUT2D eigenvalue weighted by Gasteiger charge is -2.29. The third kappa shape index (κ3) is 3.16. The first kappa shape index (κ1) is 17.5. The monoisotopic (exact) mass is 359 g/mol. The minimum atomic E-state index is -0.308. The Balaban J connectivity index is 2.23. The molecule has 0 aliphatic carbocycles. The average Bonchev–Trinajstić information content (AvgIpc) is 2.96. The van der Waals surface area contributed by atoms with Gasteiger partial charge in [0.25, 0.3) is 0 Å². The summed E-state index contributed by atoms with van der Waals surface area (Å²) in [6.45, 7) is 4.23. The molecule has 1 aliphatic heterocycles. The zero-order valence-electron chi connectivity index (χ0n) is 14.7. The van der Waals surface area contributed by atoms with Crippen LogP contribution in [0.4, 0.5) is 5.82 Å². The Morgan fingerprint density at radius 2 is 2.08 bits per heavy atom. The molecule has 0 fully saturated rings. The second kappa shape index (κ2) is 7.31. The van der Waals surface area contributed by atoms with E-state index in [0.717, 1.165) is 35.5 Å². The lowest BCUT2D eigenvalue weighted by atomic mass is 9.82. The van der Waals surface area contributed by atoms with Crippen LogP contribution < -0.4 is 5.32 Å². The van der Waals surface area contributed by atoms with Gasteiger partial charge in [-0.2, -0.15) is 5.10 Å². The number of allylic oxidation sites excluding steroid dienone is 1. The number of nitrogens with one attached hydrogen (secondary N) is 1. The maximum Gasteiger partial charge on any atom is 0.336 e. The summed E-state index contributed by atoms with van der Waals surface area (Å²) in [4.78, 5) is 12.8. The molecular weight excluding hydrogens is 338 g/mol. The Bertz CT molecular complexity index is 826. The van der Waals surface area contributed by atoms with Crippen LogP contribution in [0.25, 0.3) is 0 Å². The molecule has 6 heteroatoms.